The summed E-state index contributed by atoms with van der Waals surface area (Å²) in [6.07, 6.45) is 0. The second-order valence-electron chi connectivity index (χ2n) is 2.87. The van der Waals surface area contributed by atoms with Crippen LogP contribution in [0.15, 0.2) is 24.3 Å². The van der Waals surface area contributed by atoms with Gasteiger partial charge in [-0.1, -0.05) is 12.1 Å². The molecule has 0 amide bonds. The third kappa shape index (κ3) is 1.51. The molecule has 13 heavy (non-hydrogen) atoms. The Hall–Kier alpha value is -1.84. The lowest BCUT2D eigenvalue weighted by Crippen LogP contribution is -1.86. The van der Waals surface area contributed by atoms with Crippen LogP contribution in [-0.2, 0) is 0 Å². The molecule has 0 aliphatic carbocycles. The number of benzene rings is 1. The quantitative estimate of drug-likeness (QED) is 0.641. The van der Waals surface area contributed by atoms with Crippen molar-refractivity contribution in [3.8, 4) is 11.4 Å². The summed E-state index contributed by atoms with van der Waals surface area (Å²) in [4.78, 5) is 4.20. The van der Waals surface area contributed by atoms with Gasteiger partial charge in [-0.15, -0.1) is 0 Å². The lowest BCUT2D eigenvalue weighted by molar-refractivity contribution is 1.04. The Bertz CT molecular complexity index is 419. The molecule has 0 saturated heterocycles. The number of nitrogens with one attached hydrogen (secondary N) is 1. The smallest absolute Gasteiger partial charge is 0.181 e. The lowest BCUT2D eigenvalue weighted by Gasteiger charge is -1.95. The molecule has 3 N–H and O–H groups in total. The molecule has 0 aliphatic rings. The van der Waals surface area contributed by atoms with Gasteiger partial charge in [0.2, 0.25) is 0 Å². The van der Waals surface area contributed by atoms with Crippen LogP contribution in [0.2, 0.25) is 0 Å². The largest absolute Gasteiger partial charge is 0.399 e. The van der Waals surface area contributed by atoms with Crippen LogP contribution in [0.5, 0.6) is 0 Å². The maximum atomic E-state index is 5.64. The van der Waals surface area contributed by atoms with Gasteiger partial charge in [-0.05, 0) is 19.1 Å². The normalized spacial score (nSPS) is 10.2. The zero-order valence-corrected chi connectivity index (χ0v) is 7.28. The van der Waals surface area contributed by atoms with Gasteiger partial charge in [0.15, 0.2) is 5.82 Å². The van der Waals surface area contributed by atoms with E-state index in [9.17, 15) is 0 Å². The SMILES string of the molecule is Cc1nc(-c2cccc(N)c2)n[nH]1. The molecule has 66 valence electrons. The number of aryl methyl sites for hydroxylation is 1. The van der Waals surface area contributed by atoms with E-state index in [1.54, 1.807) is 0 Å². The molecule has 0 unspecified atom stereocenters. The molecule has 0 atom stereocenters. The van der Waals surface area contributed by atoms with E-state index in [1.165, 1.54) is 0 Å². The fourth-order valence-electron chi connectivity index (χ4n) is 1.15. The fraction of sp³-hybridized carbons (Fsp3) is 0.111. The molecule has 4 heteroatoms. The molecule has 0 saturated carbocycles. The Morgan fingerprint density at radius 1 is 1.38 bits per heavy atom. The molecule has 2 rings (SSSR count). The first kappa shape index (κ1) is 7.79. The van der Waals surface area contributed by atoms with Crippen molar-refractivity contribution in [1.29, 1.82) is 0 Å². The van der Waals surface area contributed by atoms with E-state index in [0.29, 0.717) is 5.82 Å². The Balaban J connectivity index is 2.46. The van der Waals surface area contributed by atoms with Crippen LogP contribution in [0.3, 0.4) is 0 Å². The standard InChI is InChI=1S/C9H10N4/c1-6-11-9(13-12-6)7-3-2-4-8(10)5-7/h2-5H,10H2,1H3,(H,11,12,13). The molecule has 0 radical (unpaired) electrons. The monoisotopic (exact) mass is 174 g/mol. The van der Waals surface area contributed by atoms with Gasteiger partial charge < -0.3 is 5.73 Å². The number of nitrogens with zero attached hydrogens (tertiary/aromatic N) is 2. The summed E-state index contributed by atoms with van der Waals surface area (Å²) >= 11 is 0. The Morgan fingerprint density at radius 2 is 2.23 bits per heavy atom. The van der Waals surface area contributed by atoms with Gasteiger partial charge in [0.25, 0.3) is 0 Å². The van der Waals surface area contributed by atoms with E-state index in [4.69, 9.17) is 5.73 Å². The molecular formula is C9H10N4. The molecule has 1 aromatic carbocycles. The summed E-state index contributed by atoms with van der Waals surface area (Å²) in [5.74, 6) is 1.49. The zero-order chi connectivity index (χ0) is 9.26. The van der Waals surface area contributed by atoms with Crippen LogP contribution in [0, 0.1) is 6.92 Å². The average Bonchev–Trinajstić information content (AvgIpc) is 2.52. The molecule has 0 fully saturated rings. The van der Waals surface area contributed by atoms with Gasteiger partial charge in [0, 0.05) is 11.3 Å². The highest BCUT2D eigenvalue weighted by Gasteiger charge is 2.02. The maximum Gasteiger partial charge on any atom is 0.181 e. The third-order valence-corrected chi connectivity index (χ3v) is 1.74. The summed E-state index contributed by atoms with van der Waals surface area (Å²) in [7, 11) is 0. The topological polar surface area (TPSA) is 67.6 Å². The van der Waals surface area contributed by atoms with E-state index in [2.05, 4.69) is 15.2 Å². The molecular weight excluding hydrogens is 164 g/mol. The van der Waals surface area contributed by atoms with E-state index < -0.39 is 0 Å². The third-order valence-electron chi connectivity index (χ3n) is 1.74. The number of H-pyrrole nitrogens is 1. The number of anilines is 1. The first-order valence-corrected chi connectivity index (χ1v) is 4.00. The molecule has 2 aromatic rings. The first-order valence-electron chi connectivity index (χ1n) is 4.00. The van der Waals surface area contributed by atoms with Crippen molar-refractivity contribution in [3.05, 3.63) is 30.1 Å². The molecule has 1 aromatic heterocycles. The number of aromatic nitrogens is 3. The van der Waals surface area contributed by atoms with Crippen LogP contribution in [0.4, 0.5) is 5.69 Å². The summed E-state index contributed by atoms with van der Waals surface area (Å²) < 4.78 is 0. The van der Waals surface area contributed by atoms with Crippen LogP contribution < -0.4 is 5.73 Å². The molecule has 4 nitrogen and oxygen atoms in total. The zero-order valence-electron chi connectivity index (χ0n) is 7.28. The molecule has 0 spiro atoms. The molecule has 0 bridgehead atoms. The maximum absolute atomic E-state index is 5.64. The lowest BCUT2D eigenvalue weighted by atomic mass is 10.2. The van der Waals surface area contributed by atoms with Gasteiger partial charge in [0.05, 0.1) is 0 Å². The summed E-state index contributed by atoms with van der Waals surface area (Å²) in [6, 6.07) is 7.50. The van der Waals surface area contributed by atoms with E-state index in [0.717, 1.165) is 17.1 Å². The van der Waals surface area contributed by atoms with Crippen LogP contribution in [0.1, 0.15) is 5.82 Å². The number of nitrogens with two attached hydrogens (primary N) is 1. The van der Waals surface area contributed by atoms with Crippen molar-refractivity contribution >= 4 is 5.69 Å². The average molecular weight is 174 g/mol. The highest BCUT2D eigenvalue weighted by molar-refractivity contribution is 5.60. The summed E-state index contributed by atoms with van der Waals surface area (Å²) in [5, 5.41) is 6.82. The van der Waals surface area contributed by atoms with Gasteiger partial charge in [-0.2, -0.15) is 5.10 Å². The summed E-state index contributed by atoms with van der Waals surface area (Å²) in [6.45, 7) is 1.86. The second kappa shape index (κ2) is 2.90. The number of rotatable bonds is 1. The van der Waals surface area contributed by atoms with Crippen molar-refractivity contribution in [2.45, 2.75) is 6.92 Å². The predicted octanol–water partition coefficient (Wildman–Crippen LogP) is 1.36. The molecule has 0 aliphatic heterocycles. The number of hydrogen-bond acceptors (Lipinski definition) is 3. The van der Waals surface area contributed by atoms with E-state index >= 15 is 0 Å². The van der Waals surface area contributed by atoms with Crippen LogP contribution in [-0.4, -0.2) is 15.2 Å². The molecule has 1 heterocycles. The van der Waals surface area contributed by atoms with Crippen LogP contribution >= 0.6 is 0 Å². The van der Waals surface area contributed by atoms with E-state index in [1.807, 2.05) is 31.2 Å². The van der Waals surface area contributed by atoms with Crippen LogP contribution in [0.25, 0.3) is 11.4 Å². The highest BCUT2D eigenvalue weighted by atomic mass is 15.2. The van der Waals surface area contributed by atoms with Gasteiger partial charge >= 0.3 is 0 Å². The van der Waals surface area contributed by atoms with Crippen molar-refractivity contribution < 1.29 is 0 Å². The highest BCUT2D eigenvalue weighted by Crippen LogP contribution is 2.16. The van der Waals surface area contributed by atoms with Crippen molar-refractivity contribution in [2.24, 2.45) is 0 Å². The Kier molecular flexibility index (Phi) is 1.73. The van der Waals surface area contributed by atoms with Crippen molar-refractivity contribution in [3.63, 3.8) is 0 Å². The minimum absolute atomic E-state index is 0.685. The number of hydrogen-bond donors (Lipinski definition) is 2. The fourth-order valence-corrected chi connectivity index (χ4v) is 1.15. The second-order valence-corrected chi connectivity index (χ2v) is 2.87. The first-order chi connectivity index (χ1) is 6.25. The van der Waals surface area contributed by atoms with Gasteiger partial charge in [-0.3, -0.25) is 5.10 Å². The Morgan fingerprint density at radius 3 is 2.85 bits per heavy atom. The minimum Gasteiger partial charge on any atom is -0.399 e. The number of aromatic amines is 1. The van der Waals surface area contributed by atoms with Gasteiger partial charge in [0.1, 0.15) is 5.82 Å². The minimum atomic E-state index is 0.685. The Labute approximate surface area is 75.8 Å². The van der Waals surface area contributed by atoms with Gasteiger partial charge in [-0.25, -0.2) is 4.98 Å². The summed E-state index contributed by atoms with van der Waals surface area (Å²) in [5.41, 5.74) is 7.29. The predicted molar refractivity (Wildman–Crippen MR) is 51.0 cm³/mol. The van der Waals surface area contributed by atoms with Crippen molar-refractivity contribution in [2.75, 3.05) is 5.73 Å². The number of nitrogen functional groups attached to an aromatic ring is 1. The van der Waals surface area contributed by atoms with Crippen molar-refractivity contribution in [1.82, 2.24) is 15.2 Å². The van der Waals surface area contributed by atoms with E-state index in [-0.39, 0.29) is 0 Å².